The van der Waals surface area contributed by atoms with Crippen LogP contribution >= 0.6 is 11.6 Å². The molecule has 0 bridgehead atoms. The summed E-state index contributed by atoms with van der Waals surface area (Å²) in [6.07, 6.45) is -0.0322. The number of carbonyl (C=O) groups is 1. The summed E-state index contributed by atoms with van der Waals surface area (Å²) in [4.78, 5) is 12.1. The average Bonchev–Trinajstić information content (AvgIpc) is 3.14. The largest absolute Gasteiger partial charge is 0.486 e. The number of nitrogens with one attached hydrogen (secondary N) is 1. The highest BCUT2D eigenvalue weighted by molar-refractivity contribution is 6.31. The molecule has 5 heteroatoms. The van der Waals surface area contributed by atoms with E-state index in [1.807, 2.05) is 48.5 Å². The fourth-order valence-corrected chi connectivity index (χ4v) is 4.14. The SMILES string of the molecule is Cc1cccc(C)c1-c1cc(Cl)cc2c1OC(COC(=O)NCc1ccccc1)C2. The van der Waals surface area contributed by atoms with Crippen molar-refractivity contribution in [3.8, 4) is 16.9 Å². The maximum atomic E-state index is 12.1. The predicted molar refractivity (Wildman–Crippen MR) is 119 cm³/mol. The van der Waals surface area contributed by atoms with Crippen molar-refractivity contribution in [1.82, 2.24) is 5.32 Å². The molecule has 1 aliphatic rings. The van der Waals surface area contributed by atoms with Gasteiger partial charge in [0.15, 0.2) is 0 Å². The van der Waals surface area contributed by atoms with Gasteiger partial charge in [-0.1, -0.05) is 60.1 Å². The topological polar surface area (TPSA) is 47.6 Å². The van der Waals surface area contributed by atoms with Crippen LogP contribution in [-0.2, 0) is 17.7 Å². The fourth-order valence-electron chi connectivity index (χ4n) is 3.90. The van der Waals surface area contributed by atoms with Crippen LogP contribution in [-0.4, -0.2) is 18.8 Å². The van der Waals surface area contributed by atoms with Gasteiger partial charge in [0.2, 0.25) is 0 Å². The molecule has 4 rings (SSSR count). The number of aryl methyl sites for hydroxylation is 2. The Kier molecular flexibility index (Phi) is 5.96. The molecule has 0 fully saturated rings. The maximum Gasteiger partial charge on any atom is 0.407 e. The van der Waals surface area contributed by atoms with Gasteiger partial charge in [-0.15, -0.1) is 0 Å². The number of halogens is 1. The number of alkyl carbamates (subject to hydrolysis) is 1. The van der Waals surface area contributed by atoms with E-state index in [0.29, 0.717) is 18.0 Å². The number of hydrogen-bond donors (Lipinski definition) is 1. The number of carbonyl (C=O) groups excluding carboxylic acids is 1. The van der Waals surface area contributed by atoms with Crippen molar-refractivity contribution in [2.75, 3.05) is 6.61 Å². The van der Waals surface area contributed by atoms with Gasteiger partial charge in [0, 0.05) is 29.1 Å². The molecule has 0 aromatic heterocycles. The highest BCUT2D eigenvalue weighted by atomic mass is 35.5. The van der Waals surface area contributed by atoms with Crippen LogP contribution in [0.1, 0.15) is 22.3 Å². The Labute approximate surface area is 181 Å². The Balaban J connectivity index is 1.43. The highest BCUT2D eigenvalue weighted by Gasteiger charge is 2.28. The van der Waals surface area contributed by atoms with E-state index in [1.165, 1.54) is 11.1 Å². The lowest BCUT2D eigenvalue weighted by atomic mass is 9.93. The third-order valence-corrected chi connectivity index (χ3v) is 5.51. The van der Waals surface area contributed by atoms with E-state index in [4.69, 9.17) is 21.1 Å². The Morgan fingerprint density at radius 3 is 2.57 bits per heavy atom. The number of rotatable bonds is 5. The van der Waals surface area contributed by atoms with Crippen LogP contribution < -0.4 is 10.1 Å². The number of benzene rings is 3. The molecular formula is C25H24ClNO3. The first-order chi connectivity index (χ1) is 14.5. The summed E-state index contributed by atoms with van der Waals surface area (Å²) in [6, 6.07) is 19.8. The number of fused-ring (bicyclic) bond motifs is 1. The van der Waals surface area contributed by atoms with E-state index in [-0.39, 0.29) is 12.7 Å². The Morgan fingerprint density at radius 1 is 1.10 bits per heavy atom. The smallest absolute Gasteiger partial charge is 0.407 e. The average molecular weight is 422 g/mol. The first-order valence-electron chi connectivity index (χ1n) is 10.0. The predicted octanol–water partition coefficient (Wildman–Crippen LogP) is 5.85. The van der Waals surface area contributed by atoms with Gasteiger partial charge in [-0.2, -0.15) is 0 Å². The number of hydrogen-bond acceptors (Lipinski definition) is 3. The molecule has 3 aromatic carbocycles. The van der Waals surface area contributed by atoms with Crippen LogP contribution in [0.15, 0.2) is 60.7 Å². The van der Waals surface area contributed by atoms with Crippen LogP contribution in [0.2, 0.25) is 5.02 Å². The van der Waals surface area contributed by atoms with Crippen molar-refractivity contribution in [1.29, 1.82) is 0 Å². The molecule has 0 saturated carbocycles. The van der Waals surface area contributed by atoms with Gasteiger partial charge in [-0.25, -0.2) is 4.79 Å². The standard InChI is InChI=1S/C25H24ClNO3/c1-16-7-6-8-17(2)23(16)22-13-20(26)11-19-12-21(30-24(19)22)15-29-25(28)27-14-18-9-4-3-5-10-18/h3-11,13,21H,12,14-15H2,1-2H3,(H,27,28). The van der Waals surface area contributed by atoms with Gasteiger partial charge in [0.25, 0.3) is 0 Å². The van der Waals surface area contributed by atoms with E-state index in [2.05, 4.69) is 31.3 Å². The van der Waals surface area contributed by atoms with Crippen LogP contribution in [0.4, 0.5) is 4.79 Å². The molecule has 154 valence electrons. The Morgan fingerprint density at radius 2 is 1.83 bits per heavy atom. The van der Waals surface area contributed by atoms with Gasteiger partial charge in [0.1, 0.15) is 18.5 Å². The molecule has 1 unspecified atom stereocenters. The molecule has 0 radical (unpaired) electrons. The summed E-state index contributed by atoms with van der Waals surface area (Å²) in [5.74, 6) is 0.829. The molecule has 0 aliphatic carbocycles. The lowest BCUT2D eigenvalue weighted by Gasteiger charge is -2.16. The van der Waals surface area contributed by atoms with Crippen LogP contribution in [0.3, 0.4) is 0 Å². The van der Waals surface area contributed by atoms with Crippen molar-refractivity contribution in [2.45, 2.75) is 32.9 Å². The minimum Gasteiger partial charge on any atom is -0.486 e. The quantitative estimate of drug-likeness (QED) is 0.561. The van der Waals surface area contributed by atoms with E-state index < -0.39 is 6.09 Å². The first kappa shape index (κ1) is 20.3. The summed E-state index contributed by atoms with van der Waals surface area (Å²) < 4.78 is 11.6. The molecule has 1 N–H and O–H groups in total. The summed E-state index contributed by atoms with van der Waals surface area (Å²) >= 11 is 6.41. The van der Waals surface area contributed by atoms with Crippen molar-refractivity contribution in [3.63, 3.8) is 0 Å². The first-order valence-corrected chi connectivity index (χ1v) is 10.4. The molecule has 0 saturated heterocycles. The monoisotopic (exact) mass is 421 g/mol. The lowest BCUT2D eigenvalue weighted by molar-refractivity contribution is 0.0924. The Hall–Kier alpha value is -2.98. The van der Waals surface area contributed by atoms with Crippen molar-refractivity contribution >= 4 is 17.7 Å². The number of amides is 1. The van der Waals surface area contributed by atoms with Gasteiger partial charge in [-0.05, 0) is 48.2 Å². The van der Waals surface area contributed by atoms with Gasteiger partial charge < -0.3 is 14.8 Å². The third-order valence-electron chi connectivity index (χ3n) is 5.29. The number of ether oxygens (including phenoxy) is 2. The third kappa shape index (κ3) is 4.44. The van der Waals surface area contributed by atoms with Crippen LogP contribution in [0, 0.1) is 13.8 Å². The second-order valence-electron chi connectivity index (χ2n) is 7.59. The Bertz CT molecular complexity index is 1050. The molecular weight excluding hydrogens is 398 g/mol. The summed E-state index contributed by atoms with van der Waals surface area (Å²) in [5, 5.41) is 3.45. The van der Waals surface area contributed by atoms with Gasteiger partial charge in [-0.3, -0.25) is 0 Å². The zero-order chi connectivity index (χ0) is 21.1. The molecule has 4 nitrogen and oxygen atoms in total. The summed E-state index contributed by atoms with van der Waals surface area (Å²) in [5.41, 5.74) is 6.53. The fraction of sp³-hybridized carbons (Fsp3) is 0.240. The van der Waals surface area contributed by atoms with E-state index >= 15 is 0 Å². The molecule has 1 heterocycles. The molecule has 0 spiro atoms. The molecule has 30 heavy (non-hydrogen) atoms. The normalized spacial score (nSPS) is 14.7. The molecule has 3 aromatic rings. The zero-order valence-corrected chi connectivity index (χ0v) is 17.8. The van der Waals surface area contributed by atoms with Crippen molar-refractivity contribution < 1.29 is 14.3 Å². The molecule has 1 atom stereocenters. The zero-order valence-electron chi connectivity index (χ0n) is 17.1. The molecule has 1 aliphatic heterocycles. The van der Waals surface area contributed by atoms with Crippen LogP contribution in [0.25, 0.3) is 11.1 Å². The van der Waals surface area contributed by atoms with E-state index in [1.54, 1.807) is 0 Å². The lowest BCUT2D eigenvalue weighted by Crippen LogP contribution is -2.29. The van der Waals surface area contributed by atoms with Crippen molar-refractivity contribution in [3.05, 3.63) is 87.9 Å². The maximum absolute atomic E-state index is 12.1. The van der Waals surface area contributed by atoms with Gasteiger partial charge in [0.05, 0.1) is 0 Å². The highest BCUT2D eigenvalue weighted by Crippen LogP contribution is 2.43. The van der Waals surface area contributed by atoms with Gasteiger partial charge >= 0.3 is 6.09 Å². The summed E-state index contributed by atoms with van der Waals surface area (Å²) in [7, 11) is 0. The van der Waals surface area contributed by atoms with Crippen LogP contribution in [0.5, 0.6) is 5.75 Å². The minimum absolute atomic E-state index is 0.180. The minimum atomic E-state index is -0.452. The van der Waals surface area contributed by atoms with Crippen molar-refractivity contribution in [2.24, 2.45) is 0 Å². The van der Waals surface area contributed by atoms with E-state index in [0.717, 1.165) is 28.0 Å². The second-order valence-corrected chi connectivity index (χ2v) is 8.03. The summed E-state index contributed by atoms with van der Waals surface area (Å²) in [6.45, 7) is 4.78. The second kappa shape index (κ2) is 8.80. The van der Waals surface area contributed by atoms with E-state index in [9.17, 15) is 4.79 Å². The molecule has 1 amide bonds.